The second-order valence-electron chi connectivity index (χ2n) is 8.02. The minimum Gasteiger partial charge on any atom is -0.368 e. The average molecular weight is 400 g/mol. The van der Waals surface area contributed by atoms with Crippen molar-refractivity contribution in [2.24, 2.45) is 0 Å². The lowest BCUT2D eigenvalue weighted by atomic mass is 10.0. The Balaban J connectivity index is 1.30. The standard InChI is InChI=1S/C22H29N3O2S/c1-16(2)17-5-7-18(8-6-17)21-23-19(15-28-21)14-24-9-11-25(12-10-24)22(26)20-4-3-13-27-20/h5-8,15-16,20H,3-4,9-14H2,1-2H3. The van der Waals surface area contributed by atoms with Crippen LogP contribution in [0.4, 0.5) is 0 Å². The number of benzene rings is 1. The van der Waals surface area contributed by atoms with Crippen molar-refractivity contribution in [3.63, 3.8) is 0 Å². The summed E-state index contributed by atoms with van der Waals surface area (Å²) in [6, 6.07) is 8.75. The lowest BCUT2D eigenvalue weighted by Crippen LogP contribution is -2.51. The van der Waals surface area contributed by atoms with E-state index in [2.05, 4.69) is 48.4 Å². The first kappa shape index (κ1) is 19.6. The largest absolute Gasteiger partial charge is 0.368 e. The third kappa shape index (κ3) is 4.45. The van der Waals surface area contributed by atoms with Crippen LogP contribution in [0, 0.1) is 0 Å². The lowest BCUT2D eigenvalue weighted by Gasteiger charge is -2.35. The minimum absolute atomic E-state index is 0.179. The molecule has 2 aliphatic heterocycles. The van der Waals surface area contributed by atoms with Crippen molar-refractivity contribution in [2.75, 3.05) is 32.8 Å². The maximum absolute atomic E-state index is 12.5. The zero-order chi connectivity index (χ0) is 19.5. The number of carbonyl (C=O) groups excluding carboxylic acids is 1. The van der Waals surface area contributed by atoms with Crippen molar-refractivity contribution in [3.8, 4) is 10.6 Å². The quantitative estimate of drug-likeness (QED) is 0.768. The number of rotatable bonds is 5. The highest BCUT2D eigenvalue weighted by atomic mass is 32.1. The third-order valence-electron chi connectivity index (χ3n) is 5.65. The highest BCUT2D eigenvalue weighted by Gasteiger charge is 2.30. The Bertz CT molecular complexity index is 788. The van der Waals surface area contributed by atoms with Crippen LogP contribution in [0.5, 0.6) is 0 Å². The van der Waals surface area contributed by atoms with Gasteiger partial charge in [0.05, 0.1) is 5.69 Å². The molecule has 0 N–H and O–H groups in total. The summed E-state index contributed by atoms with van der Waals surface area (Å²) < 4.78 is 5.54. The molecular weight excluding hydrogens is 370 g/mol. The van der Waals surface area contributed by atoms with Crippen molar-refractivity contribution in [1.29, 1.82) is 0 Å². The fourth-order valence-electron chi connectivity index (χ4n) is 3.85. The Kier molecular flexibility index (Phi) is 6.09. The predicted molar refractivity (Wildman–Crippen MR) is 112 cm³/mol. The highest BCUT2D eigenvalue weighted by molar-refractivity contribution is 7.13. The van der Waals surface area contributed by atoms with E-state index in [-0.39, 0.29) is 12.0 Å². The fraction of sp³-hybridized carbons (Fsp3) is 0.545. The van der Waals surface area contributed by atoms with Crippen molar-refractivity contribution < 1.29 is 9.53 Å². The molecule has 1 amide bonds. The summed E-state index contributed by atoms with van der Waals surface area (Å²) in [5.74, 6) is 0.727. The molecule has 150 valence electrons. The van der Waals surface area contributed by atoms with Crippen molar-refractivity contribution in [2.45, 2.75) is 45.3 Å². The van der Waals surface area contributed by atoms with Gasteiger partial charge < -0.3 is 9.64 Å². The van der Waals surface area contributed by atoms with Crippen LogP contribution >= 0.6 is 11.3 Å². The first-order chi connectivity index (χ1) is 13.6. The van der Waals surface area contributed by atoms with Crippen LogP contribution in [0.2, 0.25) is 0 Å². The van der Waals surface area contributed by atoms with Crippen LogP contribution in [0.1, 0.15) is 43.9 Å². The van der Waals surface area contributed by atoms with Crippen molar-refractivity contribution in [3.05, 3.63) is 40.9 Å². The molecule has 2 fully saturated rings. The summed E-state index contributed by atoms with van der Waals surface area (Å²) in [5, 5.41) is 3.24. The molecule has 5 nitrogen and oxygen atoms in total. The number of hydrogen-bond donors (Lipinski definition) is 0. The van der Waals surface area contributed by atoms with E-state index in [9.17, 15) is 4.79 Å². The monoisotopic (exact) mass is 399 g/mol. The second kappa shape index (κ2) is 8.72. The zero-order valence-corrected chi connectivity index (χ0v) is 17.6. The number of nitrogens with zero attached hydrogens (tertiary/aromatic N) is 3. The van der Waals surface area contributed by atoms with Gasteiger partial charge in [0, 0.05) is 50.3 Å². The molecule has 2 saturated heterocycles. The summed E-state index contributed by atoms with van der Waals surface area (Å²) >= 11 is 1.71. The summed E-state index contributed by atoms with van der Waals surface area (Å²) in [7, 11) is 0. The van der Waals surface area contributed by atoms with Gasteiger partial charge in [-0.25, -0.2) is 4.98 Å². The molecule has 0 bridgehead atoms. The first-order valence-electron chi connectivity index (χ1n) is 10.3. The van der Waals surface area contributed by atoms with Gasteiger partial charge in [-0.15, -0.1) is 11.3 Å². The molecule has 0 saturated carbocycles. The molecule has 1 atom stereocenters. The Morgan fingerprint density at radius 2 is 1.96 bits per heavy atom. The number of carbonyl (C=O) groups is 1. The number of ether oxygens (including phenoxy) is 1. The molecule has 0 aliphatic carbocycles. The molecular formula is C22H29N3O2S. The maximum Gasteiger partial charge on any atom is 0.251 e. The normalized spacial score (nSPS) is 20.8. The van der Waals surface area contributed by atoms with Gasteiger partial charge >= 0.3 is 0 Å². The van der Waals surface area contributed by atoms with Crippen LogP contribution in [0.25, 0.3) is 10.6 Å². The third-order valence-corrected chi connectivity index (χ3v) is 6.59. The van der Waals surface area contributed by atoms with Crippen molar-refractivity contribution >= 4 is 17.2 Å². The van der Waals surface area contributed by atoms with Gasteiger partial charge in [-0.3, -0.25) is 9.69 Å². The smallest absolute Gasteiger partial charge is 0.251 e. The van der Waals surface area contributed by atoms with E-state index in [1.54, 1.807) is 11.3 Å². The second-order valence-corrected chi connectivity index (χ2v) is 8.88. The van der Waals surface area contributed by atoms with Gasteiger partial charge in [0.2, 0.25) is 0 Å². The highest BCUT2D eigenvalue weighted by Crippen LogP contribution is 2.26. The lowest BCUT2D eigenvalue weighted by molar-refractivity contribution is -0.142. The van der Waals surface area contributed by atoms with Gasteiger partial charge in [0.15, 0.2) is 0 Å². The van der Waals surface area contributed by atoms with E-state index in [1.807, 2.05) is 4.90 Å². The molecule has 3 heterocycles. The fourth-order valence-corrected chi connectivity index (χ4v) is 4.67. The van der Waals surface area contributed by atoms with Gasteiger partial charge in [0.25, 0.3) is 5.91 Å². The van der Waals surface area contributed by atoms with E-state index in [1.165, 1.54) is 11.1 Å². The summed E-state index contributed by atoms with van der Waals surface area (Å²) in [5.41, 5.74) is 3.66. The van der Waals surface area contributed by atoms with E-state index < -0.39 is 0 Å². The number of piperazine rings is 1. The molecule has 1 aromatic carbocycles. The van der Waals surface area contributed by atoms with Gasteiger partial charge in [0.1, 0.15) is 11.1 Å². The summed E-state index contributed by atoms with van der Waals surface area (Å²) in [6.07, 6.45) is 1.68. The van der Waals surface area contributed by atoms with Crippen LogP contribution in [0.3, 0.4) is 0 Å². The Morgan fingerprint density at radius 3 is 2.61 bits per heavy atom. The first-order valence-corrected chi connectivity index (χ1v) is 11.2. The van der Waals surface area contributed by atoms with Crippen LogP contribution in [-0.4, -0.2) is 59.6 Å². The Labute approximate surface area is 171 Å². The van der Waals surface area contributed by atoms with Gasteiger partial charge in [-0.2, -0.15) is 0 Å². The van der Waals surface area contributed by atoms with Crippen molar-refractivity contribution in [1.82, 2.24) is 14.8 Å². The molecule has 1 aromatic heterocycles. The number of hydrogen-bond acceptors (Lipinski definition) is 5. The van der Waals surface area contributed by atoms with E-state index in [4.69, 9.17) is 9.72 Å². The van der Waals surface area contributed by atoms with Crippen LogP contribution < -0.4 is 0 Å². The summed E-state index contributed by atoms with van der Waals surface area (Å²) in [6.45, 7) is 9.36. The molecule has 28 heavy (non-hydrogen) atoms. The Morgan fingerprint density at radius 1 is 1.21 bits per heavy atom. The van der Waals surface area contributed by atoms with E-state index >= 15 is 0 Å². The van der Waals surface area contributed by atoms with Gasteiger partial charge in [-0.05, 0) is 24.3 Å². The molecule has 1 unspecified atom stereocenters. The topological polar surface area (TPSA) is 45.7 Å². The molecule has 2 aromatic rings. The molecule has 0 radical (unpaired) electrons. The minimum atomic E-state index is -0.199. The zero-order valence-electron chi connectivity index (χ0n) is 16.8. The van der Waals surface area contributed by atoms with Crippen LogP contribution in [0.15, 0.2) is 29.6 Å². The van der Waals surface area contributed by atoms with Crippen LogP contribution in [-0.2, 0) is 16.1 Å². The molecule has 6 heteroatoms. The summed E-state index contributed by atoms with van der Waals surface area (Å²) in [4.78, 5) is 21.7. The Hall–Kier alpha value is -1.76. The SMILES string of the molecule is CC(C)c1ccc(-c2nc(CN3CCN(C(=O)C4CCCO4)CC3)cs2)cc1. The number of thiazole rings is 1. The molecule has 0 spiro atoms. The number of aromatic nitrogens is 1. The maximum atomic E-state index is 12.5. The number of amides is 1. The van der Waals surface area contributed by atoms with Gasteiger partial charge in [-0.1, -0.05) is 38.1 Å². The van der Waals surface area contributed by atoms with E-state index in [0.29, 0.717) is 5.92 Å². The van der Waals surface area contributed by atoms with E-state index in [0.717, 1.165) is 62.9 Å². The molecule has 4 rings (SSSR count). The average Bonchev–Trinajstić information content (AvgIpc) is 3.40. The predicted octanol–water partition coefficient (Wildman–Crippen LogP) is 3.76. The molecule has 2 aliphatic rings.